The number of amides is 1. The quantitative estimate of drug-likeness (QED) is 0.468. The molecule has 1 aliphatic heterocycles. The predicted octanol–water partition coefficient (Wildman–Crippen LogP) is 3.57. The number of nitrogens with zero attached hydrogens (tertiary/aromatic N) is 2. The molecule has 3 aromatic rings. The zero-order chi connectivity index (χ0) is 22.1. The number of methoxy groups -OCH3 is 1. The van der Waals surface area contributed by atoms with Gasteiger partial charge in [0.15, 0.2) is 16.7 Å². The van der Waals surface area contributed by atoms with Crippen LogP contribution in [0.3, 0.4) is 0 Å². The molecule has 8 heteroatoms. The molecule has 1 atom stereocenters. The highest BCUT2D eigenvalue weighted by Crippen LogP contribution is 2.39. The zero-order valence-corrected chi connectivity index (χ0v) is 18.3. The van der Waals surface area contributed by atoms with Crippen LogP contribution < -0.4 is 15.6 Å². The minimum Gasteiger partial charge on any atom is -0.504 e. The van der Waals surface area contributed by atoms with Crippen molar-refractivity contribution in [1.82, 2.24) is 9.55 Å². The van der Waals surface area contributed by atoms with Crippen LogP contribution in [0.1, 0.15) is 34.6 Å². The van der Waals surface area contributed by atoms with Crippen LogP contribution in [-0.4, -0.2) is 27.7 Å². The lowest BCUT2D eigenvalue weighted by Crippen LogP contribution is -2.33. The van der Waals surface area contributed by atoms with Crippen molar-refractivity contribution < 1.29 is 14.6 Å². The lowest BCUT2D eigenvalue weighted by Gasteiger charge is -2.27. The first kappa shape index (κ1) is 21.0. The third-order valence-electron chi connectivity index (χ3n) is 5.40. The van der Waals surface area contributed by atoms with Gasteiger partial charge in [0, 0.05) is 25.1 Å². The summed E-state index contributed by atoms with van der Waals surface area (Å²) in [6, 6.07) is 13.1. The average molecular weight is 438 g/mol. The van der Waals surface area contributed by atoms with Gasteiger partial charge in [0.25, 0.3) is 5.56 Å². The second kappa shape index (κ2) is 8.47. The average Bonchev–Trinajstić information content (AvgIpc) is 2.76. The van der Waals surface area contributed by atoms with Gasteiger partial charge in [-0.05, 0) is 30.2 Å². The smallest absolute Gasteiger partial charge is 0.279 e. The van der Waals surface area contributed by atoms with Crippen LogP contribution in [0.5, 0.6) is 11.5 Å². The van der Waals surface area contributed by atoms with Crippen LogP contribution in [0, 0.1) is 6.92 Å². The van der Waals surface area contributed by atoms with E-state index in [0.29, 0.717) is 33.6 Å². The van der Waals surface area contributed by atoms with E-state index in [2.05, 4.69) is 22.4 Å². The molecular formula is C23H23N3O4S. The van der Waals surface area contributed by atoms with Crippen LogP contribution in [0.4, 0.5) is 5.82 Å². The summed E-state index contributed by atoms with van der Waals surface area (Å²) in [5.74, 6) is 0.757. The summed E-state index contributed by atoms with van der Waals surface area (Å²) in [4.78, 5) is 29.8. The number of aromatic nitrogens is 2. The van der Waals surface area contributed by atoms with Crippen LogP contribution in [-0.2, 0) is 17.6 Å². The first-order valence-corrected chi connectivity index (χ1v) is 10.8. The molecule has 0 spiro atoms. The van der Waals surface area contributed by atoms with Gasteiger partial charge in [-0.25, -0.2) is 0 Å². The van der Waals surface area contributed by atoms with Crippen molar-refractivity contribution in [2.45, 2.75) is 30.2 Å². The van der Waals surface area contributed by atoms with E-state index in [0.717, 1.165) is 5.56 Å². The number of benzene rings is 2. The van der Waals surface area contributed by atoms with Crippen LogP contribution in [0.2, 0.25) is 0 Å². The molecule has 2 aromatic carbocycles. The van der Waals surface area contributed by atoms with Crippen molar-refractivity contribution in [3.63, 3.8) is 0 Å². The number of fused-ring (bicyclic) bond motifs is 1. The van der Waals surface area contributed by atoms with E-state index in [1.165, 1.54) is 30.5 Å². The van der Waals surface area contributed by atoms with E-state index in [-0.39, 0.29) is 23.6 Å². The maximum atomic E-state index is 13.0. The highest BCUT2D eigenvalue weighted by molar-refractivity contribution is 7.98. The van der Waals surface area contributed by atoms with Crippen LogP contribution >= 0.6 is 11.8 Å². The first-order valence-electron chi connectivity index (χ1n) is 9.83. The van der Waals surface area contributed by atoms with Gasteiger partial charge < -0.3 is 19.7 Å². The van der Waals surface area contributed by atoms with Gasteiger partial charge in [-0.3, -0.25) is 9.59 Å². The Morgan fingerprint density at radius 3 is 2.68 bits per heavy atom. The normalized spacial score (nSPS) is 15.3. The van der Waals surface area contributed by atoms with Crippen molar-refractivity contribution in [2.75, 3.05) is 12.4 Å². The van der Waals surface area contributed by atoms with Gasteiger partial charge in [0.1, 0.15) is 5.82 Å². The number of carbonyl (C=O) groups is 1. The molecule has 0 saturated heterocycles. The zero-order valence-electron chi connectivity index (χ0n) is 17.5. The maximum absolute atomic E-state index is 13.0. The summed E-state index contributed by atoms with van der Waals surface area (Å²) in [5.41, 5.74) is 3.10. The second-order valence-corrected chi connectivity index (χ2v) is 8.47. The first-order chi connectivity index (χ1) is 14.9. The van der Waals surface area contributed by atoms with Crippen molar-refractivity contribution >= 4 is 23.5 Å². The predicted molar refractivity (Wildman–Crippen MR) is 120 cm³/mol. The monoisotopic (exact) mass is 437 g/mol. The number of rotatable bonds is 5. The van der Waals surface area contributed by atoms with E-state index < -0.39 is 5.92 Å². The Balaban J connectivity index is 1.71. The summed E-state index contributed by atoms with van der Waals surface area (Å²) < 4.78 is 6.95. The van der Waals surface area contributed by atoms with Gasteiger partial charge in [-0.1, -0.05) is 47.7 Å². The number of aromatic hydroxyl groups is 1. The van der Waals surface area contributed by atoms with Gasteiger partial charge in [0.2, 0.25) is 5.91 Å². The Kier molecular flexibility index (Phi) is 5.73. The molecule has 0 radical (unpaired) electrons. The van der Waals surface area contributed by atoms with Gasteiger partial charge in [-0.15, -0.1) is 0 Å². The minimum atomic E-state index is -0.472. The summed E-state index contributed by atoms with van der Waals surface area (Å²) in [6.45, 7) is 2.04. The number of phenolic OH excluding ortho intramolecular Hbond substituents is 1. The Morgan fingerprint density at radius 1 is 1.23 bits per heavy atom. The topological polar surface area (TPSA) is 93.5 Å². The fourth-order valence-corrected chi connectivity index (χ4v) is 4.61. The number of phenols is 1. The third-order valence-corrected chi connectivity index (χ3v) is 6.50. The van der Waals surface area contributed by atoms with Crippen molar-refractivity contribution in [3.8, 4) is 11.5 Å². The fourth-order valence-electron chi connectivity index (χ4n) is 3.69. The molecule has 0 saturated carbocycles. The Labute approximate surface area is 184 Å². The number of aryl methyl sites for hydroxylation is 1. The number of carbonyl (C=O) groups excluding carboxylic acids is 1. The number of nitrogens with one attached hydrogen (secondary N) is 1. The lowest BCUT2D eigenvalue weighted by atomic mass is 9.86. The highest BCUT2D eigenvalue weighted by Gasteiger charge is 2.32. The van der Waals surface area contributed by atoms with E-state index in [9.17, 15) is 14.7 Å². The molecule has 0 fully saturated rings. The van der Waals surface area contributed by atoms with Crippen molar-refractivity contribution in [2.24, 2.45) is 7.05 Å². The minimum absolute atomic E-state index is 0.000570. The van der Waals surface area contributed by atoms with E-state index >= 15 is 0 Å². The highest BCUT2D eigenvalue weighted by atomic mass is 32.2. The summed E-state index contributed by atoms with van der Waals surface area (Å²) in [7, 11) is 3.25. The third kappa shape index (κ3) is 4.16. The number of anilines is 1. The lowest BCUT2D eigenvalue weighted by molar-refractivity contribution is -0.116. The molecular weight excluding hydrogens is 414 g/mol. The fraction of sp³-hybridized carbons (Fsp3) is 0.261. The Hall–Kier alpha value is -3.26. The van der Waals surface area contributed by atoms with Crippen LogP contribution in [0.15, 0.2) is 52.4 Å². The summed E-state index contributed by atoms with van der Waals surface area (Å²) in [5, 5.41) is 13.3. The number of ether oxygens (including phenoxy) is 1. The van der Waals surface area contributed by atoms with E-state index in [4.69, 9.17) is 4.74 Å². The van der Waals surface area contributed by atoms with Gasteiger partial charge in [0.05, 0.1) is 12.7 Å². The van der Waals surface area contributed by atoms with Gasteiger partial charge >= 0.3 is 0 Å². The van der Waals surface area contributed by atoms with Crippen molar-refractivity contribution in [1.29, 1.82) is 0 Å². The number of hydrogen-bond acceptors (Lipinski definition) is 6. The summed E-state index contributed by atoms with van der Waals surface area (Å²) in [6.07, 6.45) is 0.119. The number of hydrogen-bond donors (Lipinski definition) is 2. The molecule has 1 unspecified atom stereocenters. The van der Waals surface area contributed by atoms with Gasteiger partial charge in [-0.2, -0.15) is 4.98 Å². The largest absolute Gasteiger partial charge is 0.504 e. The standard InChI is InChI=1S/C23H23N3O4S/c1-13-4-6-14(7-5-13)12-31-23-25-22(29)20-16(11-19(28)24-21(20)26(23)2)15-8-9-17(27)18(10-15)30-3/h4-10,16,27H,11-12H2,1-3H3,(H,24,28). The Bertz CT molecular complexity index is 1200. The molecule has 4 rings (SSSR count). The molecule has 0 aliphatic carbocycles. The molecule has 31 heavy (non-hydrogen) atoms. The summed E-state index contributed by atoms with van der Waals surface area (Å²) >= 11 is 1.45. The molecule has 1 aromatic heterocycles. The maximum Gasteiger partial charge on any atom is 0.279 e. The molecule has 160 valence electrons. The Morgan fingerprint density at radius 2 is 1.97 bits per heavy atom. The van der Waals surface area contributed by atoms with Crippen LogP contribution in [0.25, 0.3) is 0 Å². The molecule has 1 amide bonds. The van der Waals surface area contributed by atoms with E-state index in [1.54, 1.807) is 23.7 Å². The molecule has 0 bridgehead atoms. The van der Waals surface area contributed by atoms with E-state index in [1.807, 2.05) is 19.1 Å². The molecule has 2 N–H and O–H groups in total. The molecule has 2 heterocycles. The second-order valence-electron chi connectivity index (χ2n) is 7.53. The van der Waals surface area contributed by atoms with Crippen molar-refractivity contribution in [3.05, 3.63) is 75.1 Å². The molecule has 7 nitrogen and oxygen atoms in total. The molecule has 1 aliphatic rings. The SMILES string of the molecule is COc1cc(C2CC(=O)Nc3c2c(=O)nc(SCc2ccc(C)cc2)n3C)ccc1O. The number of thioether (sulfide) groups is 1.